The summed E-state index contributed by atoms with van der Waals surface area (Å²) >= 11 is 0. The first kappa shape index (κ1) is 11.3. The Hall–Kier alpha value is -1.84. The van der Waals surface area contributed by atoms with Gasteiger partial charge in [0.05, 0.1) is 6.20 Å². The van der Waals surface area contributed by atoms with Crippen LogP contribution in [0.25, 0.3) is 0 Å². The van der Waals surface area contributed by atoms with Gasteiger partial charge in [0.2, 0.25) is 0 Å². The van der Waals surface area contributed by atoms with Crippen molar-refractivity contribution in [2.24, 2.45) is 7.05 Å². The van der Waals surface area contributed by atoms with Crippen molar-refractivity contribution in [1.82, 2.24) is 14.8 Å². The number of pyridine rings is 1. The van der Waals surface area contributed by atoms with E-state index in [-0.39, 0.29) is 0 Å². The van der Waals surface area contributed by atoms with Crippen molar-refractivity contribution >= 4 is 5.82 Å². The van der Waals surface area contributed by atoms with E-state index in [9.17, 15) is 0 Å². The summed E-state index contributed by atoms with van der Waals surface area (Å²) in [4.78, 5) is 4.67. The molecule has 0 atom stereocenters. The number of rotatable bonds is 3. The Labute approximate surface area is 107 Å². The van der Waals surface area contributed by atoms with E-state index in [1.54, 1.807) is 0 Å². The fourth-order valence-electron chi connectivity index (χ4n) is 2.42. The van der Waals surface area contributed by atoms with Gasteiger partial charge < -0.3 is 5.32 Å². The van der Waals surface area contributed by atoms with E-state index in [2.05, 4.69) is 34.5 Å². The van der Waals surface area contributed by atoms with Crippen molar-refractivity contribution in [2.45, 2.75) is 32.7 Å². The summed E-state index contributed by atoms with van der Waals surface area (Å²) in [5.74, 6) is 0.971. The van der Waals surface area contributed by atoms with Crippen LogP contribution in [-0.2, 0) is 26.4 Å². The summed E-state index contributed by atoms with van der Waals surface area (Å²) in [6, 6.07) is 4.28. The zero-order chi connectivity index (χ0) is 12.5. The van der Waals surface area contributed by atoms with Crippen LogP contribution in [-0.4, -0.2) is 14.8 Å². The molecule has 2 aromatic heterocycles. The van der Waals surface area contributed by atoms with Crippen molar-refractivity contribution in [1.29, 1.82) is 0 Å². The maximum atomic E-state index is 4.67. The van der Waals surface area contributed by atoms with Crippen LogP contribution >= 0.6 is 0 Å². The molecule has 3 rings (SSSR count). The lowest BCUT2D eigenvalue weighted by Gasteiger charge is -2.07. The molecule has 0 aromatic carbocycles. The second kappa shape index (κ2) is 4.44. The van der Waals surface area contributed by atoms with Gasteiger partial charge in [0, 0.05) is 30.5 Å². The average Bonchev–Trinajstić information content (AvgIpc) is 2.96. The minimum atomic E-state index is 0.783. The summed E-state index contributed by atoms with van der Waals surface area (Å²) in [5.41, 5.74) is 5.10. The van der Waals surface area contributed by atoms with Gasteiger partial charge in [-0.25, -0.2) is 4.98 Å². The Balaban J connectivity index is 1.72. The van der Waals surface area contributed by atoms with Crippen LogP contribution in [0, 0.1) is 6.92 Å². The Kier molecular flexibility index (Phi) is 2.78. The molecule has 1 aliphatic carbocycles. The van der Waals surface area contributed by atoms with E-state index in [1.807, 2.05) is 17.9 Å². The highest BCUT2D eigenvalue weighted by atomic mass is 15.3. The Morgan fingerprint density at radius 2 is 2.22 bits per heavy atom. The highest BCUT2D eigenvalue weighted by Gasteiger charge is 2.12. The van der Waals surface area contributed by atoms with Gasteiger partial charge >= 0.3 is 0 Å². The van der Waals surface area contributed by atoms with Gasteiger partial charge in [-0.3, -0.25) is 4.68 Å². The van der Waals surface area contributed by atoms with Crippen LogP contribution in [0.5, 0.6) is 0 Å². The average molecular weight is 242 g/mol. The number of hydrogen-bond acceptors (Lipinski definition) is 3. The fourth-order valence-corrected chi connectivity index (χ4v) is 2.42. The first-order chi connectivity index (χ1) is 8.74. The molecule has 0 radical (unpaired) electrons. The molecule has 0 saturated heterocycles. The van der Waals surface area contributed by atoms with Gasteiger partial charge in [-0.1, -0.05) is 6.07 Å². The third kappa shape index (κ3) is 1.98. The molecule has 0 fully saturated rings. The molecule has 0 aliphatic heterocycles. The summed E-state index contributed by atoms with van der Waals surface area (Å²) < 4.78 is 1.90. The molecule has 2 aromatic rings. The predicted molar refractivity (Wildman–Crippen MR) is 71.5 cm³/mol. The standard InChI is InChI=1S/C14H18N4/c1-10-12(9-16-18(10)2)8-15-14-7-6-11-4-3-5-13(11)17-14/h6-7,9H,3-5,8H2,1-2H3,(H,15,17). The summed E-state index contributed by atoms with van der Waals surface area (Å²) in [6.45, 7) is 2.87. The van der Waals surface area contributed by atoms with E-state index >= 15 is 0 Å². The van der Waals surface area contributed by atoms with Crippen molar-refractivity contribution in [3.05, 3.63) is 40.8 Å². The Bertz CT molecular complexity index is 571. The van der Waals surface area contributed by atoms with Crippen LogP contribution in [0.2, 0.25) is 0 Å². The number of fused-ring (bicyclic) bond motifs is 1. The number of nitrogens with zero attached hydrogens (tertiary/aromatic N) is 3. The van der Waals surface area contributed by atoms with E-state index in [1.165, 1.54) is 35.4 Å². The molecule has 0 saturated carbocycles. The van der Waals surface area contributed by atoms with Gasteiger partial charge in [-0.2, -0.15) is 5.10 Å². The number of hydrogen-bond donors (Lipinski definition) is 1. The van der Waals surface area contributed by atoms with Crippen LogP contribution in [0.1, 0.15) is 28.9 Å². The third-order valence-corrected chi connectivity index (χ3v) is 3.73. The van der Waals surface area contributed by atoms with Crippen molar-refractivity contribution in [2.75, 3.05) is 5.32 Å². The maximum absolute atomic E-state index is 4.67. The smallest absolute Gasteiger partial charge is 0.126 e. The molecule has 0 unspecified atom stereocenters. The molecule has 1 aliphatic rings. The monoisotopic (exact) mass is 242 g/mol. The second-order valence-electron chi connectivity index (χ2n) is 4.89. The normalized spacial score (nSPS) is 13.7. The first-order valence-corrected chi connectivity index (χ1v) is 6.44. The van der Waals surface area contributed by atoms with Crippen molar-refractivity contribution < 1.29 is 0 Å². The Morgan fingerprint density at radius 3 is 3.00 bits per heavy atom. The molecule has 2 heterocycles. The molecule has 1 N–H and O–H groups in total. The van der Waals surface area contributed by atoms with Gasteiger partial charge in [-0.05, 0) is 37.8 Å². The zero-order valence-electron chi connectivity index (χ0n) is 10.9. The molecular weight excluding hydrogens is 224 g/mol. The van der Waals surface area contributed by atoms with Gasteiger partial charge in [0.1, 0.15) is 5.82 Å². The molecule has 0 bridgehead atoms. The van der Waals surface area contributed by atoms with Crippen LogP contribution in [0.15, 0.2) is 18.3 Å². The van der Waals surface area contributed by atoms with E-state index < -0.39 is 0 Å². The van der Waals surface area contributed by atoms with E-state index in [4.69, 9.17) is 0 Å². The van der Waals surface area contributed by atoms with Crippen LogP contribution in [0.3, 0.4) is 0 Å². The maximum Gasteiger partial charge on any atom is 0.126 e. The summed E-state index contributed by atoms with van der Waals surface area (Å²) in [7, 11) is 1.96. The first-order valence-electron chi connectivity index (χ1n) is 6.44. The van der Waals surface area contributed by atoms with Crippen LogP contribution < -0.4 is 5.32 Å². The molecule has 94 valence electrons. The third-order valence-electron chi connectivity index (χ3n) is 3.73. The summed E-state index contributed by atoms with van der Waals surface area (Å²) in [5, 5.41) is 7.62. The van der Waals surface area contributed by atoms with E-state index in [0.29, 0.717) is 0 Å². The lowest BCUT2D eigenvalue weighted by molar-refractivity contribution is 0.738. The fraction of sp³-hybridized carbons (Fsp3) is 0.429. The Morgan fingerprint density at radius 1 is 1.33 bits per heavy atom. The number of anilines is 1. The molecule has 4 heteroatoms. The molecule has 0 amide bonds. The SMILES string of the molecule is Cc1c(CNc2ccc3c(n2)CCC3)cnn1C. The number of nitrogens with one attached hydrogen (secondary N) is 1. The van der Waals surface area contributed by atoms with E-state index in [0.717, 1.165) is 18.8 Å². The predicted octanol–water partition coefficient (Wildman–Crippen LogP) is 2.22. The van der Waals surface area contributed by atoms with Gasteiger partial charge in [0.15, 0.2) is 0 Å². The minimum absolute atomic E-state index is 0.783. The van der Waals surface area contributed by atoms with Gasteiger partial charge in [0.25, 0.3) is 0 Å². The summed E-state index contributed by atoms with van der Waals surface area (Å²) in [6.07, 6.45) is 5.46. The lowest BCUT2D eigenvalue weighted by atomic mass is 10.2. The highest BCUT2D eigenvalue weighted by molar-refractivity contribution is 5.41. The minimum Gasteiger partial charge on any atom is -0.366 e. The van der Waals surface area contributed by atoms with Crippen LogP contribution in [0.4, 0.5) is 5.82 Å². The van der Waals surface area contributed by atoms with Gasteiger partial charge in [-0.15, -0.1) is 0 Å². The van der Waals surface area contributed by atoms with Crippen molar-refractivity contribution in [3.63, 3.8) is 0 Å². The number of aryl methyl sites for hydroxylation is 3. The highest BCUT2D eigenvalue weighted by Crippen LogP contribution is 2.21. The molecule has 4 nitrogen and oxygen atoms in total. The quantitative estimate of drug-likeness (QED) is 0.897. The zero-order valence-corrected chi connectivity index (χ0v) is 10.9. The topological polar surface area (TPSA) is 42.7 Å². The molecular formula is C14H18N4. The molecule has 18 heavy (non-hydrogen) atoms. The van der Waals surface area contributed by atoms with Crippen molar-refractivity contribution in [3.8, 4) is 0 Å². The molecule has 0 spiro atoms. The number of aromatic nitrogens is 3. The second-order valence-corrected chi connectivity index (χ2v) is 4.89. The largest absolute Gasteiger partial charge is 0.366 e. The lowest BCUT2D eigenvalue weighted by Crippen LogP contribution is -2.04.